The number of methoxy groups -OCH3 is 2. The number of aromatic amines is 4. The standard InChI is InChI=1S/C25H23N3O2.C24H23FN2.C24H21N3O.C23H24N4O3.C23H20N4O/c1-25(16-27,12-13-30-19-9-6-17(15-26)7-10-19)18-8-11-21-20-4-2-3-5-22(20)24(29)28-23(21)14-18;1-16-20-8-3-4-9-21(20)22-11-10-18(13-23(22)27-16)24(2,15-26)14-17-6-5-7-19(25)12-17;1-24(15-26,13-16-5-4-6-17(11-16)14-25)18-9-10-20-19-7-2-3-8-21(19)23(28)27-22(20)12-18;1-23(13-24,12-19-26-20(29-2)11-21(27-19)30-3)14-8-9-16-15-6-4-5-7-17(15)22(28)25-18(16)10-14;1-23(14-25,12-16-5-4-6-17(13-24)26-16)15-9-10-19-18-7-2-3-8-20(18)22(28)27-21(19)11-15/h6-11,14H,2-5,12-13H2,1H3,(H,28,29);5-7,10-13,27H,1,3-4,8-9,14H2,2H3;4-6,9-12H,2-3,7-8,13H2,1H3,(H,27,28);8-11H,4-7,12H2,1-3H3,(H,25,28);4-6,9-11H,2-3,7-8,12H2,1H3,(H,27,28)/t;24-;;;/m.1.../s1. The fourth-order valence-corrected chi connectivity index (χ4v) is 21.0. The predicted molar refractivity (Wildman–Crippen MR) is 552 cm³/mol. The number of hydrogen-bond acceptors (Lipinski definition) is 19. The highest BCUT2D eigenvalue weighted by Crippen LogP contribution is 2.46. The molecule has 4 unspecified atom stereocenters. The van der Waals surface area contributed by atoms with Crippen LogP contribution < -0.4 is 41.8 Å². The minimum Gasteiger partial charge on any atom is -0.494 e. The zero-order chi connectivity index (χ0) is 101. The predicted octanol–water partition coefficient (Wildman–Crippen LogP) is 21.9. The van der Waals surface area contributed by atoms with Gasteiger partial charge >= 0.3 is 0 Å². The second-order valence-corrected chi connectivity index (χ2v) is 39.1. The minimum absolute atomic E-state index is 0.000248. The Morgan fingerprint density at radius 1 is 0.371 bits per heavy atom. The highest BCUT2D eigenvalue weighted by atomic mass is 19.1. The summed E-state index contributed by atoms with van der Waals surface area (Å²) in [5, 5.41) is 84.6. The Hall–Kier alpha value is -16.6. The Kier molecular flexibility index (Phi) is 29.9. The SMILES string of the molecule is C=C1Nc2cc([C@@](C)(C#N)Cc3cccc(F)c3)ccc2C2=C1CCCC2.CC(C#N)(CCOc1ccc(C#N)cc1)c1ccc2c3c(c(=O)[nH]c2c1)CCCC3.CC(C#N)(Cc1cccc(C#N)c1)c1ccc2c3c(c(=O)[nH]c2c1)CCCC3.CC(C#N)(Cc1cccc(C#N)n1)c1ccc2c3c(c(=O)[nH]c2c1)CCCC3.COc1cc(OC)nc(CC(C)(C#N)c2ccc3c4c(c(=O)[nH]c3c2)CCCC4)n1. The molecule has 0 fully saturated rings. The molecule has 0 saturated carbocycles. The van der Waals surface area contributed by atoms with Crippen LogP contribution in [-0.4, -0.2) is 55.7 Å². The second-order valence-electron chi connectivity index (χ2n) is 39.1. The van der Waals surface area contributed by atoms with E-state index in [9.17, 15) is 49.9 Å². The lowest BCUT2D eigenvalue weighted by atomic mass is 9.76. The van der Waals surface area contributed by atoms with E-state index in [4.69, 9.17) is 30.0 Å². The van der Waals surface area contributed by atoms with Crippen molar-refractivity contribution in [1.82, 2.24) is 34.9 Å². The first-order valence-corrected chi connectivity index (χ1v) is 48.9. The molecule has 716 valence electrons. The van der Waals surface area contributed by atoms with Crippen LogP contribution in [0.15, 0.2) is 225 Å². The number of rotatable bonds is 19. The van der Waals surface area contributed by atoms with Crippen LogP contribution in [-0.2, 0) is 104 Å². The first-order chi connectivity index (χ1) is 69.1. The van der Waals surface area contributed by atoms with Gasteiger partial charge in [0.1, 0.15) is 29.2 Å². The van der Waals surface area contributed by atoms with Crippen molar-refractivity contribution in [2.45, 2.75) is 222 Å². The maximum atomic E-state index is 13.6. The number of aromatic nitrogens is 7. The summed E-state index contributed by atoms with van der Waals surface area (Å²) in [5.41, 5.74) is 21.7. The van der Waals surface area contributed by atoms with Crippen molar-refractivity contribution in [3.05, 3.63) is 370 Å². The van der Waals surface area contributed by atoms with Gasteiger partial charge in [0.2, 0.25) is 11.8 Å². The average Bonchev–Trinajstić information content (AvgIpc) is 0.775. The van der Waals surface area contributed by atoms with Crippen molar-refractivity contribution in [3.8, 4) is 66.1 Å². The third-order valence-electron chi connectivity index (χ3n) is 29.2. The van der Waals surface area contributed by atoms with Crippen molar-refractivity contribution in [3.63, 3.8) is 0 Å². The molecule has 0 radical (unpaired) electrons. The normalized spacial score (nSPS) is 15.7. The number of nitriles is 8. The number of benzene rings is 8. The highest BCUT2D eigenvalue weighted by Gasteiger charge is 2.36. The number of H-pyrrole nitrogens is 4. The molecule has 6 aromatic heterocycles. The largest absolute Gasteiger partial charge is 0.494 e. The van der Waals surface area contributed by atoms with Gasteiger partial charge in [-0.2, -0.15) is 52.1 Å². The topological polar surface area (TPSA) is 400 Å². The molecule has 20 rings (SSSR count). The number of allylic oxidation sites excluding steroid dienone is 2. The third-order valence-corrected chi connectivity index (χ3v) is 29.2. The number of nitrogens with one attached hydrogen (secondary N) is 5. The fraction of sp³-hybridized carbons (Fsp3) is 0.319. The summed E-state index contributed by atoms with van der Waals surface area (Å²) >= 11 is 0. The van der Waals surface area contributed by atoms with Crippen LogP contribution in [0.3, 0.4) is 0 Å². The van der Waals surface area contributed by atoms with Gasteiger partial charge in [-0.05, 0) is 339 Å². The molecule has 1 aliphatic heterocycles. The molecule has 5 atom stereocenters. The molecule has 0 saturated heterocycles. The molecule has 14 aromatic rings. The fourth-order valence-electron chi connectivity index (χ4n) is 21.0. The maximum Gasteiger partial charge on any atom is 0.251 e. The van der Waals surface area contributed by atoms with Crippen LogP contribution in [0.2, 0.25) is 0 Å². The van der Waals surface area contributed by atoms with E-state index in [1.807, 2.05) is 144 Å². The van der Waals surface area contributed by atoms with E-state index < -0.39 is 27.1 Å². The first kappa shape index (κ1) is 99.4. The minimum atomic E-state index is -0.891. The molecule has 0 spiro atoms. The van der Waals surface area contributed by atoms with Crippen molar-refractivity contribution < 1.29 is 18.6 Å². The number of nitrogens with zero attached hydrogens (tertiary/aromatic N) is 11. The Labute approximate surface area is 830 Å². The van der Waals surface area contributed by atoms with Gasteiger partial charge in [0.25, 0.3) is 22.2 Å². The monoisotopic (exact) mass is 1890 g/mol. The lowest BCUT2D eigenvalue weighted by Gasteiger charge is -2.31. The Balaban J connectivity index is 0.000000128. The number of anilines is 1. The summed E-state index contributed by atoms with van der Waals surface area (Å²) in [4.78, 5) is 75.3. The van der Waals surface area contributed by atoms with E-state index in [0.717, 1.165) is 254 Å². The van der Waals surface area contributed by atoms with E-state index in [2.05, 4.69) is 107 Å². The first-order valence-electron chi connectivity index (χ1n) is 48.9. The molecule has 0 bridgehead atoms. The van der Waals surface area contributed by atoms with Crippen LogP contribution in [0.1, 0.15) is 235 Å². The molecule has 24 heteroatoms. The Morgan fingerprint density at radius 2 is 0.755 bits per heavy atom. The number of pyridine rings is 5. The Bertz CT molecular complexity index is 7820. The van der Waals surface area contributed by atoms with Crippen molar-refractivity contribution >= 4 is 54.9 Å². The molecule has 5 aliphatic carbocycles. The van der Waals surface area contributed by atoms with Crippen molar-refractivity contribution in [1.29, 1.82) is 42.1 Å². The molecular formula is C119H111FN16O7. The number of hydrogen-bond donors (Lipinski definition) is 5. The van der Waals surface area contributed by atoms with Gasteiger partial charge < -0.3 is 39.5 Å². The number of halogens is 1. The molecule has 0 amide bonds. The molecule has 5 N–H and O–H groups in total. The van der Waals surface area contributed by atoms with Gasteiger partial charge in [0, 0.05) is 108 Å². The summed E-state index contributed by atoms with van der Waals surface area (Å²) in [6.07, 6.45) is 22.4. The van der Waals surface area contributed by atoms with Crippen LogP contribution in [0.25, 0.3) is 49.2 Å². The van der Waals surface area contributed by atoms with Crippen molar-refractivity contribution in [2.75, 3.05) is 26.1 Å². The van der Waals surface area contributed by atoms with Gasteiger partial charge in [-0.3, -0.25) is 19.2 Å². The van der Waals surface area contributed by atoms with E-state index in [1.54, 1.807) is 54.6 Å². The highest BCUT2D eigenvalue weighted by molar-refractivity contribution is 5.89. The summed E-state index contributed by atoms with van der Waals surface area (Å²) in [5.74, 6) is 1.62. The summed E-state index contributed by atoms with van der Waals surface area (Å²) < 4.78 is 29.8. The molecular weight excluding hydrogens is 1780 g/mol. The molecule has 6 aliphatic rings. The zero-order valence-corrected chi connectivity index (χ0v) is 81.6. The van der Waals surface area contributed by atoms with E-state index in [-0.39, 0.29) is 34.5 Å². The van der Waals surface area contributed by atoms with E-state index in [0.29, 0.717) is 78.1 Å². The Morgan fingerprint density at radius 3 is 1.18 bits per heavy atom. The average molecular weight is 1900 g/mol. The van der Waals surface area contributed by atoms with Crippen LogP contribution >= 0.6 is 0 Å². The van der Waals surface area contributed by atoms with E-state index >= 15 is 0 Å². The lowest BCUT2D eigenvalue weighted by molar-refractivity contribution is 0.285. The quantitative estimate of drug-likeness (QED) is 0.0502. The molecule has 8 aromatic carbocycles. The third kappa shape index (κ3) is 21.6. The van der Waals surface area contributed by atoms with Gasteiger partial charge in [-0.1, -0.05) is 97.6 Å². The smallest absolute Gasteiger partial charge is 0.251 e. The molecule has 23 nitrogen and oxygen atoms in total. The number of aryl methyl sites for hydroxylation is 4. The van der Waals surface area contributed by atoms with Gasteiger partial charge in [0.05, 0.1) is 108 Å². The maximum absolute atomic E-state index is 13.6. The van der Waals surface area contributed by atoms with Gasteiger partial charge in [-0.25, -0.2) is 9.37 Å². The van der Waals surface area contributed by atoms with E-state index in [1.165, 1.54) is 55.9 Å². The summed E-state index contributed by atoms with van der Waals surface area (Å²) in [6, 6.07) is 76.1. The molecule has 7 heterocycles. The van der Waals surface area contributed by atoms with Gasteiger partial charge in [-0.15, -0.1) is 0 Å². The summed E-state index contributed by atoms with van der Waals surface area (Å²) in [7, 11) is 3.05. The number of fused-ring (bicyclic) bond motifs is 14. The van der Waals surface area contributed by atoms with Gasteiger partial charge in [0.15, 0.2) is 0 Å². The van der Waals surface area contributed by atoms with Crippen LogP contribution in [0.5, 0.6) is 17.5 Å². The lowest BCUT2D eigenvalue weighted by Crippen LogP contribution is -2.25. The zero-order valence-electron chi connectivity index (χ0n) is 81.6. The van der Waals surface area contributed by atoms with Crippen LogP contribution in [0.4, 0.5) is 10.1 Å². The van der Waals surface area contributed by atoms with Crippen LogP contribution in [0, 0.1) is 96.5 Å². The second kappa shape index (κ2) is 43.0. The van der Waals surface area contributed by atoms with Crippen molar-refractivity contribution in [2.24, 2.45) is 0 Å². The summed E-state index contributed by atoms with van der Waals surface area (Å²) in [6.45, 7) is 14.0. The molecule has 143 heavy (non-hydrogen) atoms. The number of ether oxygens (including phenoxy) is 3.